The maximum Gasteiger partial charge on any atom is 0.229 e. The van der Waals surface area contributed by atoms with Crippen molar-refractivity contribution in [3.8, 4) is 0 Å². The van der Waals surface area contributed by atoms with Crippen LogP contribution in [0.5, 0.6) is 0 Å². The molecule has 11 heteroatoms. The van der Waals surface area contributed by atoms with Gasteiger partial charge in [0.15, 0.2) is 17.0 Å². The Balaban J connectivity index is 1.68. The number of rotatable bonds is 8. The Morgan fingerprint density at radius 3 is 2.61 bits per heavy atom. The van der Waals surface area contributed by atoms with Crippen molar-refractivity contribution in [2.24, 2.45) is 5.41 Å². The van der Waals surface area contributed by atoms with Crippen LogP contribution in [0.2, 0.25) is 0 Å². The number of aromatic nitrogens is 4. The van der Waals surface area contributed by atoms with Gasteiger partial charge >= 0.3 is 0 Å². The van der Waals surface area contributed by atoms with E-state index in [1.807, 2.05) is 4.57 Å². The second-order valence-corrected chi connectivity index (χ2v) is 11.6. The van der Waals surface area contributed by atoms with Crippen LogP contribution in [0, 0.1) is 5.41 Å². The number of carbonyl (C=O) groups is 1. The minimum atomic E-state index is -1.06. The number of nitrogens with zero attached hydrogens (tertiary/aromatic N) is 6. The van der Waals surface area contributed by atoms with E-state index in [1.165, 1.54) is 0 Å². The van der Waals surface area contributed by atoms with Crippen LogP contribution in [0.25, 0.3) is 11.2 Å². The maximum absolute atomic E-state index is 11.9. The zero-order valence-electron chi connectivity index (χ0n) is 22.4. The highest BCUT2D eigenvalue weighted by molar-refractivity contribution is 5.84. The normalized spacial score (nSPS) is 26.8. The van der Waals surface area contributed by atoms with Crippen molar-refractivity contribution in [3.63, 3.8) is 0 Å². The van der Waals surface area contributed by atoms with Crippen LogP contribution >= 0.6 is 0 Å². The highest BCUT2D eigenvalue weighted by Crippen LogP contribution is 2.35. The first-order valence-electron chi connectivity index (χ1n) is 13.0. The third-order valence-corrected chi connectivity index (χ3v) is 7.43. The number of carbonyl (C=O) groups excluding carboxylic acids is 1. The van der Waals surface area contributed by atoms with E-state index in [9.17, 15) is 15.0 Å². The lowest BCUT2D eigenvalue weighted by atomic mass is 9.92. The van der Waals surface area contributed by atoms with Gasteiger partial charge in [0.05, 0.1) is 18.4 Å². The Morgan fingerprint density at radius 2 is 1.97 bits per heavy atom. The summed E-state index contributed by atoms with van der Waals surface area (Å²) in [4.78, 5) is 30.8. The van der Waals surface area contributed by atoms with Gasteiger partial charge in [-0.25, -0.2) is 4.98 Å². The van der Waals surface area contributed by atoms with Crippen LogP contribution in [0.3, 0.4) is 0 Å². The van der Waals surface area contributed by atoms with Crippen molar-refractivity contribution < 1.29 is 15.0 Å². The highest BCUT2D eigenvalue weighted by atomic mass is 16.3. The number of likely N-dealkylation sites (N-methyl/N-ethyl adjacent to an activating group) is 1. The Kier molecular flexibility index (Phi) is 7.72. The number of aliphatic hydroxyl groups excluding tert-OH is 2. The molecule has 200 valence electrons. The van der Waals surface area contributed by atoms with E-state index in [0.717, 1.165) is 32.5 Å². The Labute approximate surface area is 213 Å². The minimum Gasteiger partial charge on any atom is -0.388 e. The quantitative estimate of drug-likeness (QED) is 0.423. The predicted molar refractivity (Wildman–Crippen MR) is 140 cm³/mol. The fraction of sp³-hybridized carbons (Fsp3) is 0.760. The van der Waals surface area contributed by atoms with Crippen molar-refractivity contribution in [1.82, 2.24) is 29.7 Å². The summed E-state index contributed by atoms with van der Waals surface area (Å²) in [6.07, 6.45) is 2.26. The van der Waals surface area contributed by atoms with Gasteiger partial charge in [0, 0.05) is 32.1 Å². The molecule has 0 radical (unpaired) electrons. The molecule has 36 heavy (non-hydrogen) atoms. The van der Waals surface area contributed by atoms with Crippen LogP contribution in [-0.4, -0.2) is 98.6 Å². The van der Waals surface area contributed by atoms with Crippen molar-refractivity contribution >= 4 is 28.8 Å². The van der Waals surface area contributed by atoms with Crippen molar-refractivity contribution in [1.29, 1.82) is 0 Å². The van der Waals surface area contributed by atoms with Gasteiger partial charge in [0.1, 0.15) is 12.2 Å². The number of hydrogen-bond acceptors (Lipinski definition) is 9. The standard InChI is InChI=1S/C25H42N8O3/c1-7-18(34)28-16-12-17(21(36)20(16)35)33-14-27-19-22(26-10-9-25(2,3)4)29-24(30-23(19)33)32-11-8-15(13-32)31(5)6/h14-17,20-21,35-36H,7-13H2,1-6H3,(H,28,34)(H,26,29,30)/t15-,16+,17-,20-,21+/m1/s1. The van der Waals surface area contributed by atoms with Crippen LogP contribution in [0.15, 0.2) is 6.33 Å². The van der Waals surface area contributed by atoms with Crippen LogP contribution in [0.1, 0.15) is 59.4 Å². The molecule has 1 amide bonds. The zero-order valence-corrected chi connectivity index (χ0v) is 22.4. The molecule has 2 aromatic heterocycles. The Hall–Kier alpha value is -2.50. The monoisotopic (exact) mass is 502 g/mol. The average Bonchev–Trinajstić information content (AvgIpc) is 3.53. The number of aliphatic hydroxyl groups is 2. The van der Waals surface area contributed by atoms with E-state index >= 15 is 0 Å². The lowest BCUT2D eigenvalue weighted by Crippen LogP contribution is -2.42. The fourth-order valence-corrected chi connectivity index (χ4v) is 5.05. The molecule has 0 spiro atoms. The number of anilines is 2. The van der Waals surface area contributed by atoms with Crippen molar-refractivity contribution in [3.05, 3.63) is 6.33 Å². The topological polar surface area (TPSA) is 132 Å². The van der Waals surface area contributed by atoms with Gasteiger partial charge in [-0.3, -0.25) is 4.79 Å². The summed E-state index contributed by atoms with van der Waals surface area (Å²) in [7, 11) is 4.18. The van der Waals surface area contributed by atoms with Crippen LogP contribution in [0.4, 0.5) is 11.8 Å². The van der Waals surface area contributed by atoms with Crippen molar-refractivity contribution in [2.75, 3.05) is 43.9 Å². The first-order chi connectivity index (χ1) is 17.0. The second kappa shape index (κ2) is 10.5. The highest BCUT2D eigenvalue weighted by Gasteiger charge is 2.44. The molecule has 1 saturated carbocycles. The first kappa shape index (κ1) is 26.6. The number of hydrogen-bond donors (Lipinski definition) is 4. The molecule has 2 fully saturated rings. The second-order valence-electron chi connectivity index (χ2n) is 11.6. The van der Waals surface area contributed by atoms with E-state index in [0.29, 0.717) is 41.8 Å². The molecule has 0 unspecified atom stereocenters. The summed E-state index contributed by atoms with van der Waals surface area (Å²) in [6, 6.07) is -0.563. The number of nitrogens with one attached hydrogen (secondary N) is 2. The molecule has 1 aliphatic heterocycles. The van der Waals surface area contributed by atoms with E-state index < -0.39 is 24.3 Å². The van der Waals surface area contributed by atoms with Gasteiger partial charge in [-0.15, -0.1) is 0 Å². The summed E-state index contributed by atoms with van der Waals surface area (Å²) in [5.41, 5.74) is 1.43. The van der Waals surface area contributed by atoms with Gasteiger partial charge in [-0.1, -0.05) is 27.7 Å². The molecule has 0 bridgehead atoms. The van der Waals surface area contributed by atoms with Gasteiger partial charge in [0.2, 0.25) is 11.9 Å². The van der Waals surface area contributed by atoms with Crippen molar-refractivity contribution in [2.45, 2.75) is 83.7 Å². The summed E-state index contributed by atoms with van der Waals surface area (Å²) >= 11 is 0. The summed E-state index contributed by atoms with van der Waals surface area (Å²) < 4.78 is 1.83. The zero-order chi connectivity index (χ0) is 26.2. The van der Waals surface area contributed by atoms with Crippen LogP contribution < -0.4 is 15.5 Å². The number of imidazole rings is 1. The minimum absolute atomic E-state index is 0.151. The maximum atomic E-state index is 11.9. The van der Waals surface area contributed by atoms with Gasteiger partial charge in [0.25, 0.3) is 0 Å². The SMILES string of the molecule is CCC(=O)N[C@H]1C[C@@H](n2cnc3c(NCCC(C)(C)C)nc(N4CC[C@@H](N(C)C)C4)nc32)[C@H](O)[C@@H]1O. The molecule has 1 saturated heterocycles. The van der Waals surface area contributed by atoms with E-state index in [-0.39, 0.29) is 11.3 Å². The molecule has 2 aromatic rings. The van der Waals surface area contributed by atoms with Gasteiger partial charge in [-0.05, 0) is 38.8 Å². The largest absolute Gasteiger partial charge is 0.388 e. The summed E-state index contributed by atoms with van der Waals surface area (Å²) in [5, 5.41) is 27.8. The molecular formula is C25H42N8O3. The van der Waals surface area contributed by atoms with E-state index in [2.05, 4.69) is 60.3 Å². The third kappa shape index (κ3) is 5.57. The lowest BCUT2D eigenvalue weighted by molar-refractivity contribution is -0.122. The molecule has 2 aliphatic rings. The molecule has 3 heterocycles. The Morgan fingerprint density at radius 1 is 1.22 bits per heavy atom. The molecule has 1 aliphatic carbocycles. The van der Waals surface area contributed by atoms with Gasteiger partial charge < -0.3 is 35.2 Å². The first-order valence-corrected chi connectivity index (χ1v) is 13.0. The van der Waals surface area contributed by atoms with E-state index in [4.69, 9.17) is 9.97 Å². The van der Waals surface area contributed by atoms with Crippen LogP contribution in [-0.2, 0) is 4.79 Å². The lowest BCUT2D eigenvalue weighted by Gasteiger charge is -2.22. The number of amides is 1. The number of fused-ring (bicyclic) bond motifs is 1. The van der Waals surface area contributed by atoms with Gasteiger partial charge in [-0.2, -0.15) is 9.97 Å². The average molecular weight is 503 g/mol. The molecule has 4 rings (SSSR count). The smallest absolute Gasteiger partial charge is 0.229 e. The molecule has 0 aromatic carbocycles. The predicted octanol–water partition coefficient (Wildman–Crippen LogP) is 1.38. The third-order valence-electron chi connectivity index (χ3n) is 7.43. The summed E-state index contributed by atoms with van der Waals surface area (Å²) in [5.74, 6) is 1.16. The molecular weight excluding hydrogens is 460 g/mol. The molecule has 4 N–H and O–H groups in total. The summed E-state index contributed by atoms with van der Waals surface area (Å²) in [6.45, 7) is 10.8. The van der Waals surface area contributed by atoms with E-state index in [1.54, 1.807) is 13.3 Å². The molecule has 5 atom stereocenters. The fourth-order valence-electron chi connectivity index (χ4n) is 5.05. The Bertz CT molecular complexity index is 1070. The molecule has 11 nitrogen and oxygen atoms in total.